The Morgan fingerprint density at radius 2 is 2.33 bits per heavy atom. The van der Waals surface area contributed by atoms with E-state index in [0.717, 1.165) is 13.1 Å². The lowest BCUT2D eigenvalue weighted by atomic mass is 10.2. The Bertz CT molecular complexity index is 293. The molecule has 1 rings (SSSR count). The molecule has 1 aromatic heterocycles. The highest BCUT2D eigenvalue weighted by Crippen LogP contribution is 2.11. The van der Waals surface area contributed by atoms with Gasteiger partial charge in [-0.25, -0.2) is 0 Å². The highest BCUT2D eigenvalue weighted by molar-refractivity contribution is 7.07. The molecule has 0 bridgehead atoms. The van der Waals surface area contributed by atoms with Crippen molar-refractivity contribution in [2.24, 2.45) is 5.73 Å². The van der Waals surface area contributed by atoms with Crippen LogP contribution in [0, 0.1) is 5.41 Å². The molecule has 0 saturated carbocycles. The van der Waals surface area contributed by atoms with Gasteiger partial charge in [0.1, 0.15) is 0 Å². The molecule has 0 aliphatic heterocycles. The van der Waals surface area contributed by atoms with E-state index in [4.69, 9.17) is 11.1 Å². The lowest BCUT2D eigenvalue weighted by Gasteiger charge is -2.25. The normalized spacial score (nSPS) is 11.2. The van der Waals surface area contributed by atoms with Crippen LogP contribution in [0.4, 0.5) is 0 Å². The molecule has 0 aromatic carbocycles. The Kier molecular flexibility index (Phi) is 4.78. The number of hydrogen-bond donors (Lipinski definition) is 2. The summed E-state index contributed by atoms with van der Waals surface area (Å²) in [4.78, 5) is 2.34. The van der Waals surface area contributed by atoms with Crippen molar-refractivity contribution in [1.29, 1.82) is 5.41 Å². The second-order valence-electron chi connectivity index (χ2n) is 3.97. The molecular weight excluding hydrogens is 206 g/mol. The van der Waals surface area contributed by atoms with Crippen LogP contribution < -0.4 is 5.73 Å². The lowest BCUT2D eigenvalue weighted by Crippen LogP contribution is -2.33. The third kappa shape index (κ3) is 4.44. The van der Waals surface area contributed by atoms with Crippen LogP contribution in [0.2, 0.25) is 0 Å². The second-order valence-corrected chi connectivity index (χ2v) is 4.75. The van der Waals surface area contributed by atoms with Crippen LogP contribution >= 0.6 is 11.3 Å². The zero-order valence-corrected chi connectivity index (χ0v) is 10.2. The smallest absolute Gasteiger partial charge is 0.0918 e. The molecule has 1 heterocycles. The first kappa shape index (κ1) is 12.2. The molecule has 3 N–H and O–H groups in total. The standard InChI is InChI=1S/C11H19N3S/c1-9(2)14(5-3-11(12)13)7-10-4-6-15-8-10/h4,6,8-9H,3,5,7H2,1-2H3,(H3,12,13). The zero-order chi connectivity index (χ0) is 11.3. The van der Waals surface area contributed by atoms with Gasteiger partial charge < -0.3 is 5.73 Å². The summed E-state index contributed by atoms with van der Waals surface area (Å²) in [6, 6.07) is 2.64. The fourth-order valence-corrected chi connectivity index (χ4v) is 2.06. The van der Waals surface area contributed by atoms with E-state index in [0.29, 0.717) is 12.5 Å². The summed E-state index contributed by atoms with van der Waals surface area (Å²) < 4.78 is 0. The topological polar surface area (TPSA) is 53.1 Å². The predicted octanol–water partition coefficient (Wildman–Crippen LogP) is 2.28. The maximum Gasteiger partial charge on any atom is 0.0918 e. The summed E-state index contributed by atoms with van der Waals surface area (Å²) in [5, 5.41) is 11.5. The van der Waals surface area contributed by atoms with E-state index in [2.05, 4.69) is 35.6 Å². The molecule has 0 unspecified atom stereocenters. The van der Waals surface area contributed by atoms with Gasteiger partial charge in [-0.05, 0) is 36.2 Å². The van der Waals surface area contributed by atoms with Gasteiger partial charge in [-0.2, -0.15) is 11.3 Å². The Balaban J connectivity index is 2.47. The van der Waals surface area contributed by atoms with E-state index in [1.807, 2.05) is 0 Å². The molecule has 4 heteroatoms. The molecule has 15 heavy (non-hydrogen) atoms. The number of hydrogen-bond acceptors (Lipinski definition) is 3. The second kappa shape index (κ2) is 5.88. The van der Waals surface area contributed by atoms with Gasteiger partial charge in [-0.1, -0.05) is 0 Å². The largest absolute Gasteiger partial charge is 0.388 e. The fourth-order valence-electron chi connectivity index (χ4n) is 1.40. The van der Waals surface area contributed by atoms with Gasteiger partial charge in [0, 0.05) is 25.6 Å². The Hall–Kier alpha value is -0.870. The maximum absolute atomic E-state index is 7.23. The zero-order valence-electron chi connectivity index (χ0n) is 9.36. The molecule has 0 aliphatic rings. The summed E-state index contributed by atoms with van der Waals surface area (Å²) in [5.74, 6) is 0.269. The lowest BCUT2D eigenvalue weighted by molar-refractivity contribution is 0.219. The van der Waals surface area contributed by atoms with Gasteiger partial charge in [0.15, 0.2) is 0 Å². The third-order valence-corrected chi connectivity index (χ3v) is 3.10. The van der Waals surface area contributed by atoms with E-state index in [1.165, 1.54) is 5.56 Å². The summed E-state index contributed by atoms with van der Waals surface area (Å²) in [5.41, 5.74) is 6.72. The maximum atomic E-state index is 7.23. The summed E-state index contributed by atoms with van der Waals surface area (Å²) in [6.07, 6.45) is 0.655. The van der Waals surface area contributed by atoms with Crippen molar-refractivity contribution in [2.45, 2.75) is 32.9 Å². The molecule has 84 valence electrons. The first-order valence-electron chi connectivity index (χ1n) is 5.17. The van der Waals surface area contributed by atoms with Gasteiger partial charge in [0.05, 0.1) is 5.84 Å². The first-order chi connectivity index (χ1) is 7.09. The molecule has 0 spiro atoms. The molecule has 0 amide bonds. The molecule has 0 fully saturated rings. The monoisotopic (exact) mass is 225 g/mol. The van der Waals surface area contributed by atoms with Crippen LogP contribution in [0.5, 0.6) is 0 Å². The average Bonchev–Trinajstić information content (AvgIpc) is 2.63. The van der Waals surface area contributed by atoms with Crippen molar-refractivity contribution in [3.05, 3.63) is 22.4 Å². The van der Waals surface area contributed by atoms with Crippen molar-refractivity contribution >= 4 is 17.2 Å². The van der Waals surface area contributed by atoms with Crippen molar-refractivity contribution in [2.75, 3.05) is 6.54 Å². The van der Waals surface area contributed by atoms with Gasteiger partial charge in [0.25, 0.3) is 0 Å². The molecule has 1 aromatic rings. The SMILES string of the molecule is CC(C)N(CCC(=N)N)Cc1ccsc1. The minimum Gasteiger partial charge on any atom is -0.388 e. The molecule has 0 aliphatic carbocycles. The molecule has 0 atom stereocenters. The highest BCUT2D eigenvalue weighted by atomic mass is 32.1. The average molecular weight is 225 g/mol. The Morgan fingerprint density at radius 3 is 2.80 bits per heavy atom. The Labute approximate surface area is 95.4 Å². The van der Waals surface area contributed by atoms with Gasteiger partial charge in [-0.3, -0.25) is 10.3 Å². The summed E-state index contributed by atoms with van der Waals surface area (Å²) >= 11 is 1.72. The molecule has 0 saturated heterocycles. The van der Waals surface area contributed by atoms with Crippen molar-refractivity contribution in [3.8, 4) is 0 Å². The van der Waals surface area contributed by atoms with E-state index in [9.17, 15) is 0 Å². The number of nitrogens with zero attached hydrogens (tertiary/aromatic N) is 1. The van der Waals surface area contributed by atoms with E-state index in [-0.39, 0.29) is 5.84 Å². The van der Waals surface area contributed by atoms with Crippen LogP contribution in [-0.4, -0.2) is 23.3 Å². The van der Waals surface area contributed by atoms with Crippen molar-refractivity contribution in [3.63, 3.8) is 0 Å². The fraction of sp³-hybridized carbons (Fsp3) is 0.545. The molecular formula is C11H19N3S. The first-order valence-corrected chi connectivity index (χ1v) is 6.12. The number of amidine groups is 1. The third-order valence-electron chi connectivity index (χ3n) is 2.36. The van der Waals surface area contributed by atoms with Crippen LogP contribution in [-0.2, 0) is 6.54 Å². The number of nitrogens with one attached hydrogen (secondary N) is 1. The van der Waals surface area contributed by atoms with Crippen molar-refractivity contribution < 1.29 is 0 Å². The number of thiophene rings is 1. The Morgan fingerprint density at radius 1 is 1.60 bits per heavy atom. The molecule has 0 radical (unpaired) electrons. The van der Waals surface area contributed by atoms with Crippen LogP contribution in [0.3, 0.4) is 0 Å². The highest BCUT2D eigenvalue weighted by Gasteiger charge is 2.10. The predicted molar refractivity (Wildman–Crippen MR) is 66.4 cm³/mol. The number of nitrogens with two attached hydrogens (primary N) is 1. The van der Waals surface area contributed by atoms with Gasteiger partial charge in [-0.15, -0.1) is 0 Å². The summed E-state index contributed by atoms with van der Waals surface area (Å²) in [7, 11) is 0. The summed E-state index contributed by atoms with van der Waals surface area (Å²) in [6.45, 7) is 6.16. The minimum absolute atomic E-state index is 0.269. The minimum atomic E-state index is 0.269. The molecule has 3 nitrogen and oxygen atoms in total. The van der Waals surface area contributed by atoms with Gasteiger partial charge in [0.2, 0.25) is 0 Å². The van der Waals surface area contributed by atoms with Crippen LogP contribution in [0.1, 0.15) is 25.8 Å². The van der Waals surface area contributed by atoms with Crippen molar-refractivity contribution in [1.82, 2.24) is 4.90 Å². The van der Waals surface area contributed by atoms with E-state index < -0.39 is 0 Å². The van der Waals surface area contributed by atoms with Gasteiger partial charge >= 0.3 is 0 Å². The van der Waals surface area contributed by atoms with Crippen LogP contribution in [0.15, 0.2) is 16.8 Å². The van der Waals surface area contributed by atoms with E-state index in [1.54, 1.807) is 11.3 Å². The van der Waals surface area contributed by atoms with E-state index >= 15 is 0 Å². The quantitative estimate of drug-likeness (QED) is 0.576. The van der Waals surface area contributed by atoms with Crippen LogP contribution in [0.25, 0.3) is 0 Å². The number of rotatable bonds is 6.